The number of carbonyl (C=O) groups excluding carboxylic acids is 2. The highest BCUT2D eigenvalue weighted by molar-refractivity contribution is 9.10. The molecule has 0 saturated carbocycles. The summed E-state index contributed by atoms with van der Waals surface area (Å²) < 4.78 is 15.3. The van der Waals surface area contributed by atoms with Crippen molar-refractivity contribution in [3.63, 3.8) is 0 Å². The number of rotatable bonds is 2. The Labute approximate surface area is 169 Å². The van der Waals surface area contributed by atoms with Crippen molar-refractivity contribution in [3.05, 3.63) is 74.6 Å². The number of hydrogen-bond donors (Lipinski definition) is 0. The van der Waals surface area contributed by atoms with E-state index in [4.69, 9.17) is 11.6 Å². The van der Waals surface area contributed by atoms with Crippen LogP contribution in [0.3, 0.4) is 0 Å². The molecule has 0 bridgehead atoms. The number of amides is 1. The molecule has 0 saturated heterocycles. The maximum absolute atomic E-state index is 14.5. The predicted octanol–water partition coefficient (Wildman–Crippen LogP) is 5.77. The van der Waals surface area contributed by atoms with Crippen molar-refractivity contribution < 1.29 is 14.0 Å². The number of hydrogen-bond acceptors (Lipinski definition) is 2. The molecular formula is C21H16BrClFNO2. The minimum Gasteiger partial charge on any atom is -0.294 e. The molecule has 0 aromatic heterocycles. The summed E-state index contributed by atoms with van der Waals surface area (Å²) in [6.07, 6.45) is 1.78. The molecule has 0 spiro atoms. The van der Waals surface area contributed by atoms with Crippen LogP contribution < -0.4 is 4.90 Å². The second kappa shape index (κ2) is 7.21. The average molecular weight is 449 g/mol. The number of anilines is 1. The van der Waals surface area contributed by atoms with Crippen LogP contribution in [0.15, 0.2) is 58.2 Å². The molecule has 0 fully saturated rings. The minimum atomic E-state index is -0.554. The van der Waals surface area contributed by atoms with E-state index in [0.717, 1.165) is 4.47 Å². The van der Waals surface area contributed by atoms with Crippen molar-refractivity contribution in [1.29, 1.82) is 0 Å². The third-order valence-electron chi connectivity index (χ3n) is 5.09. The normalized spacial score (nSPS) is 20.1. The van der Waals surface area contributed by atoms with Crippen molar-refractivity contribution in [2.75, 3.05) is 4.90 Å². The molecule has 0 radical (unpaired) electrons. The van der Waals surface area contributed by atoms with Crippen LogP contribution in [0.25, 0.3) is 0 Å². The Kier molecular flexibility index (Phi) is 4.91. The van der Waals surface area contributed by atoms with Crippen LogP contribution in [0.1, 0.15) is 37.2 Å². The molecule has 1 amide bonds. The summed E-state index contributed by atoms with van der Waals surface area (Å²) in [6, 6.07) is 11.6. The topological polar surface area (TPSA) is 37.4 Å². The smallest absolute Gasteiger partial charge is 0.232 e. The van der Waals surface area contributed by atoms with Crippen molar-refractivity contribution in [2.45, 2.75) is 31.6 Å². The zero-order valence-electron chi connectivity index (χ0n) is 14.3. The molecule has 138 valence electrons. The van der Waals surface area contributed by atoms with Crippen molar-refractivity contribution in [1.82, 2.24) is 0 Å². The van der Waals surface area contributed by atoms with Crippen LogP contribution in [-0.4, -0.2) is 11.7 Å². The number of halogens is 3. The quantitative estimate of drug-likeness (QED) is 0.585. The average Bonchev–Trinajstić information content (AvgIpc) is 2.64. The van der Waals surface area contributed by atoms with Gasteiger partial charge in [0, 0.05) is 45.2 Å². The molecule has 2 aromatic carbocycles. The highest BCUT2D eigenvalue weighted by Crippen LogP contribution is 2.44. The fraction of sp³-hybridized carbons (Fsp3) is 0.238. The molecule has 27 heavy (non-hydrogen) atoms. The van der Waals surface area contributed by atoms with Crippen molar-refractivity contribution in [3.8, 4) is 0 Å². The van der Waals surface area contributed by atoms with E-state index in [1.165, 1.54) is 6.07 Å². The molecule has 0 N–H and O–H groups in total. The van der Waals surface area contributed by atoms with Gasteiger partial charge in [0.05, 0.1) is 0 Å². The molecule has 1 atom stereocenters. The predicted molar refractivity (Wildman–Crippen MR) is 106 cm³/mol. The van der Waals surface area contributed by atoms with E-state index >= 15 is 0 Å². The van der Waals surface area contributed by atoms with Crippen LogP contribution >= 0.6 is 27.5 Å². The summed E-state index contributed by atoms with van der Waals surface area (Å²) in [5, 5.41) is 0.575. The first-order chi connectivity index (χ1) is 13.0. The van der Waals surface area contributed by atoms with Crippen LogP contribution in [0.2, 0.25) is 5.02 Å². The first-order valence-corrected chi connectivity index (χ1v) is 9.92. The van der Waals surface area contributed by atoms with Crippen LogP contribution in [0.4, 0.5) is 10.1 Å². The van der Waals surface area contributed by atoms with E-state index in [2.05, 4.69) is 15.9 Å². The summed E-state index contributed by atoms with van der Waals surface area (Å²) in [6.45, 7) is 0. The summed E-state index contributed by atoms with van der Waals surface area (Å²) in [4.78, 5) is 27.4. The van der Waals surface area contributed by atoms with Gasteiger partial charge in [0.2, 0.25) is 5.91 Å². The number of carbonyl (C=O) groups is 2. The van der Waals surface area contributed by atoms with Crippen LogP contribution in [0, 0.1) is 5.82 Å². The fourth-order valence-corrected chi connectivity index (χ4v) is 4.43. The lowest BCUT2D eigenvalue weighted by molar-refractivity contribution is -0.119. The Morgan fingerprint density at radius 1 is 1.07 bits per heavy atom. The van der Waals surface area contributed by atoms with Gasteiger partial charge in [-0.25, -0.2) is 4.39 Å². The summed E-state index contributed by atoms with van der Waals surface area (Å²) in [7, 11) is 0. The Morgan fingerprint density at radius 3 is 2.56 bits per heavy atom. The van der Waals surface area contributed by atoms with Gasteiger partial charge in [0.15, 0.2) is 5.78 Å². The molecule has 1 aliphatic heterocycles. The van der Waals surface area contributed by atoms with Gasteiger partial charge in [-0.15, -0.1) is 0 Å². The largest absolute Gasteiger partial charge is 0.294 e. The number of allylic oxidation sites excluding steroid dienone is 2. The lowest BCUT2D eigenvalue weighted by Gasteiger charge is -2.38. The molecule has 1 aliphatic carbocycles. The van der Waals surface area contributed by atoms with Gasteiger partial charge < -0.3 is 0 Å². The summed E-state index contributed by atoms with van der Waals surface area (Å²) in [5.74, 6) is -1.11. The molecule has 1 unspecified atom stereocenters. The van der Waals surface area contributed by atoms with Gasteiger partial charge in [-0.2, -0.15) is 0 Å². The minimum absolute atomic E-state index is 0.00732. The highest BCUT2D eigenvalue weighted by Gasteiger charge is 2.40. The third-order valence-corrected chi connectivity index (χ3v) is 5.84. The first kappa shape index (κ1) is 18.4. The SMILES string of the molecule is O=C1CCCC2=C1C(c1cc(Br)ccc1F)CC(=O)N2c1ccc(Cl)cc1. The van der Waals surface area contributed by atoms with E-state index in [1.54, 1.807) is 41.3 Å². The Morgan fingerprint density at radius 2 is 1.81 bits per heavy atom. The second-order valence-corrected chi connectivity index (χ2v) is 8.12. The molecule has 1 heterocycles. The van der Waals surface area contributed by atoms with Crippen LogP contribution in [-0.2, 0) is 9.59 Å². The standard InChI is InChI=1S/C21H16BrClFNO2/c22-12-4-9-17(24)15(10-12)16-11-20(27)25(14-7-5-13(23)6-8-14)18-2-1-3-19(26)21(16)18/h4-10,16H,1-3,11H2. The number of Topliss-reactive ketones (excluding diaryl/α,β-unsaturated/α-hetero) is 1. The number of ketones is 1. The maximum atomic E-state index is 14.5. The Bertz CT molecular complexity index is 971. The molecule has 3 nitrogen and oxygen atoms in total. The maximum Gasteiger partial charge on any atom is 0.232 e. The van der Waals surface area contributed by atoms with Gasteiger partial charge in [-0.05, 0) is 60.9 Å². The van der Waals surface area contributed by atoms with E-state index in [0.29, 0.717) is 46.8 Å². The van der Waals surface area contributed by atoms with E-state index < -0.39 is 11.7 Å². The van der Waals surface area contributed by atoms with Gasteiger partial charge >= 0.3 is 0 Å². The Balaban J connectivity index is 1.88. The van der Waals surface area contributed by atoms with E-state index in [1.807, 2.05) is 0 Å². The molecule has 6 heteroatoms. The number of nitrogens with zero attached hydrogens (tertiary/aromatic N) is 1. The zero-order chi connectivity index (χ0) is 19.1. The van der Waals surface area contributed by atoms with Crippen molar-refractivity contribution in [2.24, 2.45) is 0 Å². The lowest BCUT2D eigenvalue weighted by Crippen LogP contribution is -2.40. The lowest BCUT2D eigenvalue weighted by atomic mass is 9.77. The molecule has 2 aliphatic rings. The van der Waals surface area contributed by atoms with Crippen molar-refractivity contribution >= 4 is 44.9 Å². The van der Waals surface area contributed by atoms with Crippen LogP contribution in [0.5, 0.6) is 0 Å². The zero-order valence-corrected chi connectivity index (χ0v) is 16.7. The van der Waals surface area contributed by atoms with E-state index in [-0.39, 0.29) is 18.1 Å². The fourth-order valence-electron chi connectivity index (χ4n) is 3.93. The monoisotopic (exact) mass is 447 g/mol. The van der Waals surface area contributed by atoms with Gasteiger partial charge in [0.1, 0.15) is 5.82 Å². The molecule has 2 aromatic rings. The molecular weight excluding hydrogens is 433 g/mol. The summed E-state index contributed by atoms with van der Waals surface area (Å²) in [5.41, 5.74) is 2.32. The van der Waals surface area contributed by atoms with E-state index in [9.17, 15) is 14.0 Å². The third kappa shape index (κ3) is 3.34. The second-order valence-electron chi connectivity index (χ2n) is 6.77. The van der Waals surface area contributed by atoms with Gasteiger partial charge in [0.25, 0.3) is 0 Å². The number of benzene rings is 2. The summed E-state index contributed by atoms with van der Waals surface area (Å²) >= 11 is 9.33. The van der Waals surface area contributed by atoms with Gasteiger partial charge in [-0.3, -0.25) is 14.5 Å². The Hall–Kier alpha value is -1.98. The van der Waals surface area contributed by atoms with Gasteiger partial charge in [-0.1, -0.05) is 27.5 Å². The molecule has 4 rings (SSSR count). The first-order valence-electron chi connectivity index (χ1n) is 8.75. The highest BCUT2D eigenvalue weighted by atomic mass is 79.9.